The lowest BCUT2D eigenvalue weighted by Gasteiger charge is -2.18. The summed E-state index contributed by atoms with van der Waals surface area (Å²) in [6.45, 7) is 2.43. The highest BCUT2D eigenvalue weighted by molar-refractivity contribution is 6.30. The molecule has 1 unspecified atom stereocenters. The zero-order valence-electron chi connectivity index (χ0n) is 13.1. The minimum absolute atomic E-state index is 0.0817. The van der Waals surface area contributed by atoms with Gasteiger partial charge in [0.05, 0.1) is 0 Å². The average Bonchev–Trinajstić information content (AvgIpc) is 2.55. The molecular formula is C18H21ClN2O2. The number of halogens is 1. The van der Waals surface area contributed by atoms with Crippen molar-refractivity contribution in [3.8, 4) is 0 Å². The molecule has 4 nitrogen and oxygen atoms in total. The Morgan fingerprint density at radius 3 is 2.61 bits per heavy atom. The van der Waals surface area contributed by atoms with Crippen molar-refractivity contribution < 1.29 is 9.90 Å². The molecule has 2 aromatic carbocycles. The summed E-state index contributed by atoms with van der Waals surface area (Å²) < 4.78 is 0. The van der Waals surface area contributed by atoms with Crippen LogP contribution in [0.25, 0.3) is 0 Å². The molecule has 0 fully saturated rings. The molecule has 2 aromatic rings. The fourth-order valence-electron chi connectivity index (χ4n) is 2.42. The number of anilines is 1. The van der Waals surface area contributed by atoms with Gasteiger partial charge in [0, 0.05) is 29.8 Å². The molecule has 5 heteroatoms. The number of hydrogen-bond acceptors (Lipinski definition) is 2. The van der Waals surface area contributed by atoms with E-state index < -0.39 is 0 Å². The Balaban J connectivity index is 1.94. The van der Waals surface area contributed by atoms with Crippen LogP contribution in [0.1, 0.15) is 23.5 Å². The van der Waals surface area contributed by atoms with Crippen molar-refractivity contribution in [3.63, 3.8) is 0 Å². The molecule has 3 N–H and O–H groups in total. The first-order valence-corrected chi connectivity index (χ1v) is 7.94. The second-order valence-electron chi connectivity index (χ2n) is 5.41. The van der Waals surface area contributed by atoms with Crippen molar-refractivity contribution in [2.45, 2.75) is 19.3 Å². The Bertz CT molecular complexity index is 647. The number of hydrogen-bond donors (Lipinski definition) is 3. The molecule has 0 saturated heterocycles. The zero-order chi connectivity index (χ0) is 16.7. The molecule has 0 aliphatic carbocycles. The lowest BCUT2D eigenvalue weighted by atomic mass is 9.96. The van der Waals surface area contributed by atoms with Crippen molar-refractivity contribution in [2.75, 3.05) is 18.5 Å². The van der Waals surface area contributed by atoms with Gasteiger partial charge < -0.3 is 15.7 Å². The molecular weight excluding hydrogens is 312 g/mol. The van der Waals surface area contributed by atoms with Gasteiger partial charge in [-0.2, -0.15) is 0 Å². The summed E-state index contributed by atoms with van der Waals surface area (Å²) in [5, 5.41) is 15.5. The third-order valence-electron chi connectivity index (χ3n) is 3.69. The van der Waals surface area contributed by atoms with Gasteiger partial charge in [0.15, 0.2) is 0 Å². The highest BCUT2D eigenvalue weighted by atomic mass is 35.5. The van der Waals surface area contributed by atoms with E-state index in [2.05, 4.69) is 10.6 Å². The molecule has 0 aliphatic rings. The van der Waals surface area contributed by atoms with E-state index in [9.17, 15) is 9.90 Å². The maximum absolute atomic E-state index is 12.1. The SMILES string of the molecule is Cc1cc(Cl)ccc1NC(=O)NCC(CCO)c1ccccc1. The Morgan fingerprint density at radius 1 is 1.22 bits per heavy atom. The van der Waals surface area contributed by atoms with Crippen LogP contribution in [-0.4, -0.2) is 24.3 Å². The van der Waals surface area contributed by atoms with Crippen LogP contribution < -0.4 is 10.6 Å². The summed E-state index contributed by atoms with van der Waals surface area (Å²) in [7, 11) is 0. The van der Waals surface area contributed by atoms with E-state index in [4.69, 9.17) is 11.6 Å². The molecule has 0 saturated carbocycles. The van der Waals surface area contributed by atoms with Crippen molar-refractivity contribution in [1.82, 2.24) is 5.32 Å². The zero-order valence-corrected chi connectivity index (χ0v) is 13.8. The molecule has 1 atom stereocenters. The predicted molar refractivity (Wildman–Crippen MR) is 94.1 cm³/mol. The smallest absolute Gasteiger partial charge is 0.319 e. The van der Waals surface area contributed by atoms with E-state index in [0.29, 0.717) is 18.0 Å². The Labute approximate surface area is 141 Å². The van der Waals surface area contributed by atoms with Crippen LogP contribution in [0.4, 0.5) is 10.5 Å². The summed E-state index contributed by atoms with van der Waals surface area (Å²) in [6.07, 6.45) is 0.601. The van der Waals surface area contributed by atoms with E-state index in [1.807, 2.05) is 37.3 Å². The van der Waals surface area contributed by atoms with E-state index >= 15 is 0 Å². The highest BCUT2D eigenvalue weighted by Gasteiger charge is 2.12. The number of urea groups is 1. The Morgan fingerprint density at radius 2 is 1.96 bits per heavy atom. The second-order valence-corrected chi connectivity index (χ2v) is 5.85. The van der Waals surface area contributed by atoms with Gasteiger partial charge in [-0.05, 0) is 42.7 Å². The maximum Gasteiger partial charge on any atom is 0.319 e. The van der Waals surface area contributed by atoms with Crippen molar-refractivity contribution in [3.05, 3.63) is 64.7 Å². The van der Waals surface area contributed by atoms with Gasteiger partial charge in [0.25, 0.3) is 0 Å². The van der Waals surface area contributed by atoms with E-state index in [-0.39, 0.29) is 18.6 Å². The Hall–Kier alpha value is -2.04. The molecule has 0 aromatic heterocycles. The number of benzene rings is 2. The van der Waals surface area contributed by atoms with Gasteiger partial charge in [-0.15, -0.1) is 0 Å². The second kappa shape index (κ2) is 8.56. The van der Waals surface area contributed by atoms with E-state index in [0.717, 1.165) is 16.8 Å². The number of nitrogens with one attached hydrogen (secondary N) is 2. The van der Waals surface area contributed by atoms with E-state index in [1.165, 1.54) is 0 Å². The average molecular weight is 333 g/mol. The van der Waals surface area contributed by atoms with Crippen LogP contribution >= 0.6 is 11.6 Å². The molecule has 0 heterocycles. The molecule has 122 valence electrons. The molecule has 23 heavy (non-hydrogen) atoms. The van der Waals surface area contributed by atoms with Gasteiger partial charge in [0.1, 0.15) is 0 Å². The lowest BCUT2D eigenvalue weighted by molar-refractivity contribution is 0.248. The first-order chi connectivity index (χ1) is 11.1. The van der Waals surface area contributed by atoms with E-state index in [1.54, 1.807) is 18.2 Å². The first-order valence-electron chi connectivity index (χ1n) is 7.57. The number of aliphatic hydroxyl groups is 1. The van der Waals surface area contributed by atoms with Crippen molar-refractivity contribution >= 4 is 23.3 Å². The topological polar surface area (TPSA) is 61.4 Å². The quantitative estimate of drug-likeness (QED) is 0.750. The fourth-order valence-corrected chi connectivity index (χ4v) is 2.64. The third-order valence-corrected chi connectivity index (χ3v) is 3.93. The molecule has 0 bridgehead atoms. The van der Waals surface area contributed by atoms with Crippen LogP contribution in [0.2, 0.25) is 5.02 Å². The maximum atomic E-state index is 12.1. The number of aryl methyl sites for hydroxylation is 1. The minimum atomic E-state index is -0.269. The van der Waals surface area contributed by atoms with Crippen LogP contribution in [0, 0.1) is 6.92 Å². The predicted octanol–water partition coefficient (Wildman–Crippen LogP) is 3.94. The third kappa shape index (κ3) is 5.27. The summed E-state index contributed by atoms with van der Waals surface area (Å²) in [6, 6.07) is 14.9. The molecule has 0 radical (unpaired) electrons. The Kier molecular flexibility index (Phi) is 6.44. The normalized spacial score (nSPS) is 11.8. The summed E-state index contributed by atoms with van der Waals surface area (Å²) in [5.74, 6) is 0.0817. The summed E-state index contributed by atoms with van der Waals surface area (Å²) >= 11 is 5.91. The minimum Gasteiger partial charge on any atom is -0.396 e. The fraction of sp³-hybridized carbons (Fsp3) is 0.278. The van der Waals surface area contributed by atoms with Crippen molar-refractivity contribution in [1.29, 1.82) is 0 Å². The molecule has 2 amide bonds. The molecule has 0 spiro atoms. The number of aliphatic hydroxyl groups excluding tert-OH is 1. The van der Waals surface area contributed by atoms with Gasteiger partial charge >= 0.3 is 6.03 Å². The van der Waals surface area contributed by atoms with Crippen molar-refractivity contribution in [2.24, 2.45) is 0 Å². The van der Waals surface area contributed by atoms with Gasteiger partial charge in [-0.25, -0.2) is 4.79 Å². The van der Waals surface area contributed by atoms with Crippen LogP contribution in [0.3, 0.4) is 0 Å². The van der Waals surface area contributed by atoms with Crippen LogP contribution in [-0.2, 0) is 0 Å². The molecule has 2 rings (SSSR count). The lowest BCUT2D eigenvalue weighted by Crippen LogP contribution is -2.32. The number of rotatable bonds is 6. The monoisotopic (exact) mass is 332 g/mol. The van der Waals surface area contributed by atoms with Crippen LogP contribution in [0.15, 0.2) is 48.5 Å². The first kappa shape index (κ1) is 17.3. The highest BCUT2D eigenvalue weighted by Crippen LogP contribution is 2.20. The van der Waals surface area contributed by atoms with Gasteiger partial charge in [-0.3, -0.25) is 0 Å². The number of carbonyl (C=O) groups excluding carboxylic acids is 1. The van der Waals surface area contributed by atoms with Gasteiger partial charge in [-0.1, -0.05) is 41.9 Å². The summed E-state index contributed by atoms with van der Waals surface area (Å²) in [4.78, 5) is 12.1. The van der Waals surface area contributed by atoms with Gasteiger partial charge in [0.2, 0.25) is 0 Å². The summed E-state index contributed by atoms with van der Waals surface area (Å²) in [5.41, 5.74) is 2.73. The largest absolute Gasteiger partial charge is 0.396 e. The standard InChI is InChI=1S/C18H21ClN2O2/c1-13-11-16(19)7-8-17(13)21-18(23)20-12-15(9-10-22)14-5-3-2-4-6-14/h2-8,11,15,22H,9-10,12H2,1H3,(H2,20,21,23). The number of amides is 2. The number of carbonyl (C=O) groups is 1. The van der Waals surface area contributed by atoms with Crippen LogP contribution in [0.5, 0.6) is 0 Å². The molecule has 0 aliphatic heterocycles.